The Morgan fingerprint density at radius 1 is 1.05 bits per heavy atom. The van der Waals surface area contributed by atoms with E-state index in [4.69, 9.17) is 4.74 Å². The van der Waals surface area contributed by atoms with E-state index >= 15 is 0 Å². The highest BCUT2D eigenvalue weighted by Gasteiger charge is 2.27. The van der Waals surface area contributed by atoms with Crippen molar-refractivity contribution in [2.24, 2.45) is 0 Å². The maximum absolute atomic E-state index is 13.4. The van der Waals surface area contributed by atoms with Crippen LogP contribution in [-0.2, 0) is 11.3 Å². The number of non-ortho nitro benzene ring substituents is 1. The molecule has 1 aromatic heterocycles. The third-order valence-corrected chi connectivity index (χ3v) is 6.54. The molecule has 3 aromatic rings. The molecule has 0 spiro atoms. The minimum Gasteiger partial charge on any atom is -0.444 e. The fourth-order valence-corrected chi connectivity index (χ4v) is 4.70. The number of ether oxygens (including phenoxy) is 1. The van der Waals surface area contributed by atoms with Crippen LogP contribution >= 0.6 is 0 Å². The Morgan fingerprint density at radius 2 is 1.68 bits per heavy atom. The summed E-state index contributed by atoms with van der Waals surface area (Å²) in [6.45, 7) is 5.77. The van der Waals surface area contributed by atoms with Gasteiger partial charge in [-0.25, -0.2) is 4.79 Å². The number of hydrogen-bond donors (Lipinski definition) is 2. The summed E-state index contributed by atoms with van der Waals surface area (Å²) in [5, 5.41) is 27.3. The number of nitrogens with one attached hydrogen (secondary N) is 2. The number of nitrogens with zero attached hydrogens (tertiary/aromatic N) is 3. The van der Waals surface area contributed by atoms with Gasteiger partial charge in [-0.05, 0) is 70.2 Å². The summed E-state index contributed by atoms with van der Waals surface area (Å²) in [6.07, 6.45) is 2.45. The average Bonchev–Trinajstić information content (AvgIpc) is 3.22. The van der Waals surface area contributed by atoms with E-state index in [1.807, 2.05) is 31.4 Å². The van der Waals surface area contributed by atoms with Gasteiger partial charge in [0.25, 0.3) is 11.6 Å². The highest BCUT2D eigenvalue weighted by Crippen LogP contribution is 2.25. The maximum Gasteiger partial charge on any atom is 0.407 e. The van der Waals surface area contributed by atoms with Crippen LogP contribution in [0.25, 0.3) is 10.9 Å². The van der Waals surface area contributed by atoms with Crippen molar-refractivity contribution in [1.82, 2.24) is 15.2 Å². The van der Waals surface area contributed by atoms with E-state index in [0.29, 0.717) is 30.6 Å². The number of hydrogen-bond acceptors (Lipinski definition) is 6. The van der Waals surface area contributed by atoms with Crippen molar-refractivity contribution in [3.8, 4) is 6.07 Å². The van der Waals surface area contributed by atoms with Gasteiger partial charge in [0.2, 0.25) is 0 Å². The molecule has 1 aliphatic rings. The van der Waals surface area contributed by atoms with Gasteiger partial charge in [0.15, 0.2) is 0 Å². The van der Waals surface area contributed by atoms with E-state index in [1.165, 1.54) is 12.1 Å². The Hall–Kier alpha value is -4.39. The molecule has 0 bridgehead atoms. The third-order valence-electron chi connectivity index (χ3n) is 6.54. The molecule has 4 rings (SSSR count). The zero-order valence-electron chi connectivity index (χ0n) is 21.7. The minimum atomic E-state index is -0.559. The molecule has 10 heteroatoms. The largest absolute Gasteiger partial charge is 0.444 e. The van der Waals surface area contributed by atoms with Gasteiger partial charge in [0.05, 0.1) is 22.1 Å². The summed E-state index contributed by atoms with van der Waals surface area (Å²) in [6, 6.07) is 15.4. The first kappa shape index (κ1) is 26.7. The SMILES string of the molecule is CC(C)(C)OC(=O)NC1CCC(NC(=O)c2cc3ccc(C#N)cc3n2Cc2ccc([N+](=O)[O-])cc2)CC1. The molecule has 2 N–H and O–H groups in total. The maximum atomic E-state index is 13.4. The summed E-state index contributed by atoms with van der Waals surface area (Å²) < 4.78 is 7.17. The smallest absolute Gasteiger partial charge is 0.407 e. The predicted octanol–water partition coefficient (Wildman–Crippen LogP) is 5.04. The minimum absolute atomic E-state index is 0.00371. The Kier molecular flexibility index (Phi) is 7.67. The number of amides is 2. The zero-order valence-corrected chi connectivity index (χ0v) is 21.7. The lowest BCUT2D eigenvalue weighted by Gasteiger charge is -2.30. The number of benzene rings is 2. The van der Waals surface area contributed by atoms with Crippen LogP contribution in [-0.4, -0.2) is 39.2 Å². The van der Waals surface area contributed by atoms with Gasteiger partial charge < -0.3 is 19.9 Å². The van der Waals surface area contributed by atoms with E-state index in [0.717, 1.165) is 29.3 Å². The summed E-state index contributed by atoms with van der Waals surface area (Å²) in [5.74, 6) is -0.231. The Balaban J connectivity index is 1.48. The van der Waals surface area contributed by atoms with Gasteiger partial charge in [0, 0.05) is 36.1 Å². The summed E-state index contributed by atoms with van der Waals surface area (Å²) in [7, 11) is 0. The van der Waals surface area contributed by atoms with Crippen LogP contribution in [0.5, 0.6) is 0 Å². The molecule has 1 saturated carbocycles. The number of carbonyl (C=O) groups excluding carboxylic acids is 2. The van der Waals surface area contributed by atoms with Crippen LogP contribution in [0.15, 0.2) is 48.5 Å². The highest BCUT2D eigenvalue weighted by atomic mass is 16.6. The van der Waals surface area contributed by atoms with Gasteiger partial charge in [0.1, 0.15) is 11.3 Å². The van der Waals surface area contributed by atoms with Gasteiger partial charge in [-0.3, -0.25) is 14.9 Å². The number of fused-ring (bicyclic) bond motifs is 1. The van der Waals surface area contributed by atoms with Crippen molar-refractivity contribution in [3.63, 3.8) is 0 Å². The quantitative estimate of drug-likeness (QED) is 0.347. The molecule has 0 aliphatic heterocycles. The summed E-state index contributed by atoms with van der Waals surface area (Å²) in [5.41, 5.74) is 1.88. The van der Waals surface area contributed by atoms with Crippen LogP contribution in [0.2, 0.25) is 0 Å². The van der Waals surface area contributed by atoms with Gasteiger partial charge in [-0.2, -0.15) is 5.26 Å². The third kappa shape index (κ3) is 6.48. The molecule has 198 valence electrons. The van der Waals surface area contributed by atoms with Crippen LogP contribution < -0.4 is 10.6 Å². The number of aromatic nitrogens is 1. The Labute approximate surface area is 220 Å². The normalized spacial score (nSPS) is 17.4. The molecule has 38 heavy (non-hydrogen) atoms. The number of rotatable bonds is 6. The van der Waals surface area contributed by atoms with Crippen LogP contribution in [0.3, 0.4) is 0 Å². The summed E-state index contributed by atoms with van der Waals surface area (Å²) in [4.78, 5) is 36.1. The number of nitriles is 1. The van der Waals surface area contributed by atoms with Gasteiger partial charge in [-0.15, -0.1) is 0 Å². The van der Waals surface area contributed by atoms with Gasteiger partial charge in [-0.1, -0.05) is 18.2 Å². The molecular formula is C28H31N5O5. The number of nitro groups is 1. The van der Waals surface area contributed by atoms with Crippen molar-refractivity contribution < 1.29 is 19.2 Å². The van der Waals surface area contributed by atoms with Crippen molar-refractivity contribution in [2.75, 3.05) is 0 Å². The molecule has 0 saturated heterocycles. The molecule has 1 aliphatic carbocycles. The highest BCUT2D eigenvalue weighted by molar-refractivity contribution is 5.99. The summed E-state index contributed by atoms with van der Waals surface area (Å²) >= 11 is 0. The Morgan fingerprint density at radius 3 is 2.26 bits per heavy atom. The average molecular weight is 518 g/mol. The standard InChI is InChI=1S/C28H31N5O5/c1-28(2,3)38-27(35)31-22-10-8-21(9-11-22)30-26(34)25-15-20-7-4-19(16-29)14-24(20)32(25)17-18-5-12-23(13-6-18)33(36)37/h4-7,12-15,21-22H,8-11,17H2,1-3H3,(H,30,34)(H,31,35). The van der Waals surface area contributed by atoms with Crippen LogP contribution in [0.1, 0.15) is 68.1 Å². The van der Waals surface area contributed by atoms with E-state index in [9.17, 15) is 25.0 Å². The van der Waals surface area contributed by atoms with Crippen LogP contribution in [0.4, 0.5) is 10.5 Å². The number of carbonyl (C=O) groups is 2. The number of nitro benzene ring substituents is 1. The second-order valence-electron chi connectivity index (χ2n) is 10.6. The van der Waals surface area contributed by atoms with Gasteiger partial charge >= 0.3 is 6.09 Å². The lowest BCUT2D eigenvalue weighted by molar-refractivity contribution is -0.384. The molecule has 2 amide bonds. The second kappa shape index (κ2) is 10.9. The molecule has 1 heterocycles. The van der Waals surface area contributed by atoms with Crippen molar-refractivity contribution in [2.45, 2.75) is 70.7 Å². The molecular weight excluding hydrogens is 486 g/mol. The number of alkyl carbamates (subject to hydrolysis) is 1. The lowest BCUT2D eigenvalue weighted by Crippen LogP contribution is -2.45. The lowest BCUT2D eigenvalue weighted by atomic mass is 9.91. The van der Waals surface area contributed by atoms with Crippen molar-refractivity contribution >= 4 is 28.6 Å². The van der Waals surface area contributed by atoms with Crippen LogP contribution in [0, 0.1) is 21.4 Å². The topological polar surface area (TPSA) is 139 Å². The first-order valence-electron chi connectivity index (χ1n) is 12.6. The molecule has 0 atom stereocenters. The molecule has 2 aromatic carbocycles. The fourth-order valence-electron chi connectivity index (χ4n) is 4.70. The first-order chi connectivity index (χ1) is 18.0. The Bertz CT molecular complexity index is 1390. The van der Waals surface area contributed by atoms with E-state index in [-0.39, 0.29) is 23.7 Å². The van der Waals surface area contributed by atoms with E-state index < -0.39 is 16.6 Å². The van der Waals surface area contributed by atoms with E-state index in [1.54, 1.807) is 30.3 Å². The first-order valence-corrected chi connectivity index (χ1v) is 12.6. The molecule has 1 fully saturated rings. The monoisotopic (exact) mass is 517 g/mol. The zero-order chi connectivity index (χ0) is 27.4. The fraction of sp³-hybridized carbons (Fsp3) is 0.393. The second-order valence-corrected chi connectivity index (χ2v) is 10.6. The molecule has 0 radical (unpaired) electrons. The van der Waals surface area contributed by atoms with E-state index in [2.05, 4.69) is 16.7 Å². The predicted molar refractivity (Wildman–Crippen MR) is 142 cm³/mol. The van der Waals surface area contributed by atoms with Crippen molar-refractivity contribution in [3.05, 3.63) is 75.5 Å². The molecule has 10 nitrogen and oxygen atoms in total. The molecule has 0 unspecified atom stereocenters. The van der Waals surface area contributed by atoms with Crippen molar-refractivity contribution in [1.29, 1.82) is 5.26 Å².